The number of benzene rings is 3. The summed E-state index contributed by atoms with van der Waals surface area (Å²) in [6.07, 6.45) is 1.81. The third-order valence-electron chi connectivity index (χ3n) is 5.07. The number of nitrogens with zero attached hydrogens (tertiary/aromatic N) is 4. The van der Waals surface area contributed by atoms with Gasteiger partial charge in [-0.05, 0) is 29.8 Å². The largest absolute Gasteiger partial charge is 0.337 e. The quantitative estimate of drug-likeness (QED) is 0.457. The predicted molar refractivity (Wildman–Crippen MR) is 111 cm³/mol. The number of nitrogens with two attached hydrogens (primary N) is 1. The van der Waals surface area contributed by atoms with E-state index in [0.29, 0.717) is 12.4 Å². The maximum atomic E-state index is 14.0. The number of fused-ring (bicyclic) bond motifs is 1. The van der Waals surface area contributed by atoms with Crippen LogP contribution in [0.15, 0.2) is 77.6 Å². The summed E-state index contributed by atoms with van der Waals surface area (Å²) in [5, 5.41) is 3.99. The minimum absolute atomic E-state index is 0.0477. The van der Waals surface area contributed by atoms with E-state index in [1.54, 1.807) is 6.33 Å². The Morgan fingerprint density at radius 2 is 1.87 bits per heavy atom. The molecule has 3 aromatic carbocycles. The highest BCUT2D eigenvalue weighted by molar-refractivity contribution is 5.75. The van der Waals surface area contributed by atoms with Crippen LogP contribution in [0.2, 0.25) is 0 Å². The topological polar surface area (TPSA) is 82.8 Å². The summed E-state index contributed by atoms with van der Waals surface area (Å²) in [6, 6.07) is 17.8. The Labute approximate surface area is 176 Å². The summed E-state index contributed by atoms with van der Waals surface area (Å²) >= 11 is 0. The number of hydrogen-bond donors (Lipinski definition) is 1. The van der Waals surface area contributed by atoms with Gasteiger partial charge in [-0.15, -0.1) is 0 Å². The summed E-state index contributed by atoms with van der Waals surface area (Å²) in [7, 11) is 0. The standard InChI is InChI=1S/C23H17F2N5O/c24-16-8-9-17(18(25)11-16)21(26)23-28-22(29-31-23)15-5-3-4-14(10-15)12-30-13-27-19-6-1-2-7-20(19)30/h1-11,13,21H,12,26H2. The van der Waals surface area contributed by atoms with Gasteiger partial charge in [-0.2, -0.15) is 4.98 Å². The van der Waals surface area contributed by atoms with Crippen molar-refractivity contribution in [2.45, 2.75) is 12.6 Å². The molecule has 0 spiro atoms. The third kappa shape index (κ3) is 3.69. The SMILES string of the molecule is NC(c1nc(-c2cccc(Cn3cnc4ccccc43)c2)no1)c1ccc(F)cc1F. The molecule has 8 heteroatoms. The van der Waals surface area contributed by atoms with Crippen LogP contribution in [0.1, 0.15) is 23.1 Å². The number of hydrogen-bond acceptors (Lipinski definition) is 5. The molecule has 2 heterocycles. The van der Waals surface area contributed by atoms with Gasteiger partial charge in [-0.1, -0.05) is 41.6 Å². The van der Waals surface area contributed by atoms with Gasteiger partial charge in [-0.25, -0.2) is 13.8 Å². The van der Waals surface area contributed by atoms with Crippen molar-refractivity contribution >= 4 is 11.0 Å². The molecule has 5 rings (SSSR count). The van der Waals surface area contributed by atoms with Crippen LogP contribution in [-0.4, -0.2) is 19.7 Å². The van der Waals surface area contributed by atoms with E-state index in [1.165, 1.54) is 6.07 Å². The lowest BCUT2D eigenvalue weighted by molar-refractivity contribution is 0.365. The molecule has 1 atom stereocenters. The molecule has 6 nitrogen and oxygen atoms in total. The lowest BCUT2D eigenvalue weighted by atomic mass is 10.1. The van der Waals surface area contributed by atoms with Crippen molar-refractivity contribution in [3.63, 3.8) is 0 Å². The summed E-state index contributed by atoms with van der Waals surface area (Å²) in [4.78, 5) is 8.74. The van der Waals surface area contributed by atoms with Gasteiger partial charge in [0.1, 0.15) is 17.7 Å². The number of aromatic nitrogens is 4. The molecule has 0 radical (unpaired) electrons. The third-order valence-corrected chi connectivity index (χ3v) is 5.07. The molecule has 0 fully saturated rings. The van der Waals surface area contributed by atoms with Crippen LogP contribution in [0, 0.1) is 11.6 Å². The first-order valence-corrected chi connectivity index (χ1v) is 9.62. The molecular formula is C23H17F2N5O. The molecule has 0 aliphatic carbocycles. The molecule has 2 aromatic heterocycles. The zero-order chi connectivity index (χ0) is 21.4. The first-order chi connectivity index (χ1) is 15.1. The van der Waals surface area contributed by atoms with E-state index < -0.39 is 17.7 Å². The van der Waals surface area contributed by atoms with E-state index in [1.807, 2.05) is 48.5 Å². The Bertz CT molecular complexity index is 1380. The van der Waals surface area contributed by atoms with Crippen molar-refractivity contribution in [3.05, 3.63) is 102 Å². The van der Waals surface area contributed by atoms with Gasteiger partial charge in [0, 0.05) is 23.7 Å². The van der Waals surface area contributed by atoms with Gasteiger partial charge in [0.2, 0.25) is 11.7 Å². The number of halogens is 2. The van der Waals surface area contributed by atoms with E-state index in [9.17, 15) is 8.78 Å². The smallest absolute Gasteiger partial charge is 0.248 e. The Morgan fingerprint density at radius 3 is 2.74 bits per heavy atom. The minimum atomic E-state index is -0.998. The van der Waals surface area contributed by atoms with Crippen LogP contribution in [0.4, 0.5) is 8.78 Å². The fraction of sp³-hybridized carbons (Fsp3) is 0.0870. The highest BCUT2D eigenvalue weighted by Crippen LogP contribution is 2.25. The predicted octanol–water partition coefficient (Wildman–Crippen LogP) is 4.46. The first kappa shape index (κ1) is 19.1. The molecular weight excluding hydrogens is 400 g/mol. The Balaban J connectivity index is 1.41. The molecule has 31 heavy (non-hydrogen) atoms. The molecule has 0 bridgehead atoms. The fourth-order valence-corrected chi connectivity index (χ4v) is 3.51. The van der Waals surface area contributed by atoms with Crippen molar-refractivity contribution in [1.29, 1.82) is 0 Å². The molecule has 0 saturated heterocycles. The van der Waals surface area contributed by atoms with E-state index in [4.69, 9.17) is 10.3 Å². The summed E-state index contributed by atoms with van der Waals surface area (Å²) in [6.45, 7) is 0.624. The van der Waals surface area contributed by atoms with Crippen molar-refractivity contribution in [1.82, 2.24) is 19.7 Å². The van der Waals surface area contributed by atoms with Gasteiger partial charge in [0.15, 0.2) is 0 Å². The van der Waals surface area contributed by atoms with Crippen LogP contribution in [0.25, 0.3) is 22.4 Å². The minimum Gasteiger partial charge on any atom is -0.337 e. The molecule has 2 N–H and O–H groups in total. The fourth-order valence-electron chi connectivity index (χ4n) is 3.51. The van der Waals surface area contributed by atoms with E-state index in [0.717, 1.165) is 34.3 Å². The lowest BCUT2D eigenvalue weighted by Crippen LogP contribution is -2.14. The van der Waals surface area contributed by atoms with Gasteiger partial charge >= 0.3 is 0 Å². The molecule has 0 aliphatic rings. The maximum absolute atomic E-state index is 14.0. The Hall–Kier alpha value is -3.91. The summed E-state index contributed by atoms with van der Waals surface area (Å²) in [5.74, 6) is -1.05. The molecule has 0 saturated carbocycles. The van der Waals surface area contributed by atoms with Crippen LogP contribution < -0.4 is 5.73 Å². The zero-order valence-electron chi connectivity index (χ0n) is 16.2. The molecule has 154 valence electrons. The van der Waals surface area contributed by atoms with Gasteiger partial charge in [-0.3, -0.25) is 0 Å². The average molecular weight is 417 g/mol. The number of para-hydroxylation sites is 2. The van der Waals surface area contributed by atoms with Crippen LogP contribution in [0.3, 0.4) is 0 Å². The maximum Gasteiger partial charge on any atom is 0.248 e. The molecule has 5 aromatic rings. The number of imidazole rings is 1. The summed E-state index contributed by atoms with van der Waals surface area (Å²) < 4.78 is 34.5. The van der Waals surface area contributed by atoms with E-state index >= 15 is 0 Å². The Morgan fingerprint density at radius 1 is 1.00 bits per heavy atom. The van der Waals surface area contributed by atoms with Crippen molar-refractivity contribution in [2.24, 2.45) is 5.73 Å². The van der Waals surface area contributed by atoms with Gasteiger partial charge in [0.25, 0.3) is 0 Å². The zero-order valence-corrected chi connectivity index (χ0v) is 16.2. The molecule has 0 amide bonds. The average Bonchev–Trinajstić information content (AvgIpc) is 3.42. The van der Waals surface area contributed by atoms with E-state index in [2.05, 4.69) is 19.7 Å². The highest BCUT2D eigenvalue weighted by Gasteiger charge is 2.21. The highest BCUT2D eigenvalue weighted by atomic mass is 19.1. The van der Waals surface area contributed by atoms with Gasteiger partial charge in [0.05, 0.1) is 17.4 Å². The van der Waals surface area contributed by atoms with Gasteiger partial charge < -0.3 is 14.8 Å². The second-order valence-electron chi connectivity index (χ2n) is 7.16. The second kappa shape index (κ2) is 7.73. The summed E-state index contributed by atoms with van der Waals surface area (Å²) in [5.41, 5.74) is 9.89. The van der Waals surface area contributed by atoms with Crippen molar-refractivity contribution < 1.29 is 13.3 Å². The molecule has 0 aliphatic heterocycles. The number of rotatable bonds is 5. The monoisotopic (exact) mass is 417 g/mol. The lowest BCUT2D eigenvalue weighted by Gasteiger charge is -2.08. The van der Waals surface area contributed by atoms with Crippen molar-refractivity contribution in [2.75, 3.05) is 0 Å². The normalized spacial score (nSPS) is 12.4. The second-order valence-corrected chi connectivity index (χ2v) is 7.16. The first-order valence-electron chi connectivity index (χ1n) is 9.62. The van der Waals surface area contributed by atoms with Crippen LogP contribution in [0.5, 0.6) is 0 Å². The van der Waals surface area contributed by atoms with Crippen molar-refractivity contribution in [3.8, 4) is 11.4 Å². The molecule has 1 unspecified atom stereocenters. The Kier molecular flexibility index (Phi) is 4.76. The van der Waals surface area contributed by atoms with Crippen LogP contribution >= 0.6 is 0 Å². The van der Waals surface area contributed by atoms with Crippen LogP contribution in [-0.2, 0) is 6.54 Å². The van der Waals surface area contributed by atoms with E-state index in [-0.39, 0.29) is 11.5 Å².